The summed E-state index contributed by atoms with van der Waals surface area (Å²) in [6.07, 6.45) is -4.78. The molecule has 0 radical (unpaired) electrons. The van der Waals surface area contributed by atoms with Gasteiger partial charge in [-0.15, -0.1) is 0 Å². The average molecular weight is 483 g/mol. The summed E-state index contributed by atoms with van der Waals surface area (Å²) < 4.78 is 75.0. The Morgan fingerprint density at radius 1 is 0.971 bits per heavy atom. The fourth-order valence-electron chi connectivity index (χ4n) is 3.23. The first kappa shape index (κ1) is 25.4. The molecule has 3 rings (SSSR count). The Morgan fingerprint density at radius 2 is 1.74 bits per heavy atom. The van der Waals surface area contributed by atoms with E-state index in [0.717, 1.165) is 6.07 Å². The van der Waals surface area contributed by atoms with Gasteiger partial charge in [-0.1, -0.05) is 12.1 Å². The van der Waals surface area contributed by atoms with Crippen molar-refractivity contribution in [3.05, 3.63) is 53.1 Å². The van der Waals surface area contributed by atoms with Gasteiger partial charge in [0.1, 0.15) is 24.1 Å². The first-order chi connectivity index (χ1) is 16.2. The second-order valence-electron chi connectivity index (χ2n) is 7.22. The van der Waals surface area contributed by atoms with Crippen molar-refractivity contribution in [3.63, 3.8) is 0 Å². The van der Waals surface area contributed by atoms with E-state index in [1.165, 1.54) is 13.2 Å². The van der Waals surface area contributed by atoms with Crippen LogP contribution in [-0.2, 0) is 22.2 Å². The summed E-state index contributed by atoms with van der Waals surface area (Å²) in [6, 6.07) is 6.49. The molecular weight excluding hydrogens is 458 g/mol. The minimum absolute atomic E-state index is 0.141. The second-order valence-corrected chi connectivity index (χ2v) is 7.22. The number of ether oxygens (including phenoxy) is 4. The molecule has 1 aromatic heterocycles. The number of halogens is 4. The van der Waals surface area contributed by atoms with Gasteiger partial charge in [0.15, 0.2) is 11.5 Å². The van der Waals surface area contributed by atoms with E-state index in [9.17, 15) is 17.6 Å². The molecular formula is C23H25F4N3O4. The SMILES string of the molecule is COCCOCCOc1cc2c(NCc3cccc(C(F)(F)F)c3F)nc(C)nc2cc1OC. The number of anilines is 1. The highest BCUT2D eigenvalue weighted by Gasteiger charge is 2.34. The highest BCUT2D eigenvalue weighted by Crippen LogP contribution is 2.35. The molecule has 0 fully saturated rings. The smallest absolute Gasteiger partial charge is 0.419 e. The minimum atomic E-state index is -4.78. The minimum Gasteiger partial charge on any atom is -0.493 e. The van der Waals surface area contributed by atoms with Crippen molar-refractivity contribution in [2.45, 2.75) is 19.6 Å². The highest BCUT2D eigenvalue weighted by molar-refractivity contribution is 5.91. The molecule has 0 aliphatic carbocycles. The number of aromatic nitrogens is 2. The summed E-state index contributed by atoms with van der Waals surface area (Å²) in [6.45, 7) is 2.94. The van der Waals surface area contributed by atoms with Crippen LogP contribution in [0.3, 0.4) is 0 Å². The van der Waals surface area contributed by atoms with Gasteiger partial charge in [-0.3, -0.25) is 0 Å². The molecule has 0 aliphatic rings. The van der Waals surface area contributed by atoms with E-state index in [2.05, 4.69) is 15.3 Å². The molecule has 0 amide bonds. The normalized spacial score (nSPS) is 11.6. The summed E-state index contributed by atoms with van der Waals surface area (Å²) in [5, 5.41) is 3.46. The molecule has 0 saturated carbocycles. The van der Waals surface area contributed by atoms with Crippen LogP contribution in [0, 0.1) is 12.7 Å². The highest BCUT2D eigenvalue weighted by atomic mass is 19.4. The number of hydrogen-bond acceptors (Lipinski definition) is 7. The van der Waals surface area contributed by atoms with E-state index in [4.69, 9.17) is 18.9 Å². The summed E-state index contributed by atoms with van der Waals surface area (Å²) in [7, 11) is 3.07. The fourth-order valence-corrected chi connectivity index (χ4v) is 3.23. The molecule has 11 heteroatoms. The van der Waals surface area contributed by atoms with E-state index < -0.39 is 17.6 Å². The van der Waals surface area contributed by atoms with Gasteiger partial charge in [0.2, 0.25) is 0 Å². The maximum Gasteiger partial charge on any atom is 0.419 e. The maximum atomic E-state index is 14.4. The fraction of sp³-hybridized carbons (Fsp3) is 0.391. The zero-order valence-corrected chi connectivity index (χ0v) is 19.0. The predicted molar refractivity (Wildman–Crippen MR) is 118 cm³/mol. The Labute approximate surface area is 194 Å². The van der Waals surface area contributed by atoms with Crippen molar-refractivity contribution < 1.29 is 36.5 Å². The molecule has 0 spiro atoms. The van der Waals surface area contributed by atoms with Gasteiger partial charge in [-0.2, -0.15) is 13.2 Å². The molecule has 1 N–H and O–H groups in total. The van der Waals surface area contributed by atoms with Crippen LogP contribution in [0.25, 0.3) is 10.9 Å². The molecule has 7 nitrogen and oxygen atoms in total. The van der Waals surface area contributed by atoms with Crippen LogP contribution in [0.4, 0.5) is 23.4 Å². The average Bonchev–Trinajstić information content (AvgIpc) is 2.79. The number of fused-ring (bicyclic) bond motifs is 1. The van der Waals surface area contributed by atoms with Crippen LogP contribution in [0.15, 0.2) is 30.3 Å². The number of nitrogens with zero attached hydrogens (tertiary/aromatic N) is 2. The number of methoxy groups -OCH3 is 2. The summed E-state index contributed by atoms with van der Waals surface area (Å²) >= 11 is 0. The third-order valence-electron chi connectivity index (χ3n) is 4.84. The Balaban J connectivity index is 1.85. The Morgan fingerprint density at radius 3 is 2.44 bits per heavy atom. The van der Waals surface area contributed by atoms with Gasteiger partial charge in [-0.25, -0.2) is 14.4 Å². The monoisotopic (exact) mass is 483 g/mol. The van der Waals surface area contributed by atoms with Gasteiger partial charge < -0.3 is 24.3 Å². The van der Waals surface area contributed by atoms with Crippen molar-refractivity contribution in [2.24, 2.45) is 0 Å². The zero-order chi connectivity index (χ0) is 24.7. The van der Waals surface area contributed by atoms with Crippen molar-refractivity contribution in [1.82, 2.24) is 9.97 Å². The van der Waals surface area contributed by atoms with Crippen LogP contribution >= 0.6 is 0 Å². The molecule has 3 aromatic rings. The van der Waals surface area contributed by atoms with Gasteiger partial charge in [0, 0.05) is 30.7 Å². The zero-order valence-electron chi connectivity index (χ0n) is 19.0. The van der Waals surface area contributed by atoms with Crippen LogP contribution < -0.4 is 14.8 Å². The summed E-state index contributed by atoms with van der Waals surface area (Å²) in [5.74, 6) is 0.269. The lowest BCUT2D eigenvalue weighted by Gasteiger charge is -2.15. The molecule has 34 heavy (non-hydrogen) atoms. The Bertz CT molecular complexity index is 1130. The molecule has 0 atom stereocenters. The van der Waals surface area contributed by atoms with Gasteiger partial charge >= 0.3 is 6.18 Å². The lowest BCUT2D eigenvalue weighted by molar-refractivity contribution is -0.140. The van der Waals surface area contributed by atoms with Crippen molar-refractivity contribution in [3.8, 4) is 11.5 Å². The lowest BCUT2D eigenvalue weighted by atomic mass is 10.1. The van der Waals surface area contributed by atoms with Crippen molar-refractivity contribution in [2.75, 3.05) is 46.0 Å². The van der Waals surface area contributed by atoms with Crippen LogP contribution in [-0.4, -0.2) is 50.6 Å². The third-order valence-corrected chi connectivity index (χ3v) is 4.84. The first-order valence-corrected chi connectivity index (χ1v) is 10.4. The molecule has 184 valence electrons. The van der Waals surface area contributed by atoms with Crippen molar-refractivity contribution >= 4 is 16.7 Å². The number of aryl methyl sites for hydroxylation is 1. The standard InChI is InChI=1S/C23H25F4N3O4/c1-14-29-18-12-19(32-3)20(34-10-9-33-8-7-31-2)11-16(18)22(30-14)28-13-15-5-4-6-17(21(15)24)23(25,26)27/h4-6,11-12H,7-10,13H2,1-3H3,(H,28,29,30). The number of nitrogens with one attached hydrogen (secondary N) is 1. The summed E-state index contributed by atoms with van der Waals surface area (Å²) in [4.78, 5) is 8.73. The van der Waals surface area contributed by atoms with E-state index >= 15 is 0 Å². The molecule has 2 aromatic carbocycles. The molecule has 0 aliphatic heterocycles. The molecule has 0 bridgehead atoms. The largest absolute Gasteiger partial charge is 0.493 e. The van der Waals surface area contributed by atoms with E-state index in [1.807, 2.05) is 0 Å². The lowest BCUT2D eigenvalue weighted by Crippen LogP contribution is -2.12. The van der Waals surface area contributed by atoms with Gasteiger partial charge in [0.05, 0.1) is 38.0 Å². The first-order valence-electron chi connectivity index (χ1n) is 10.4. The predicted octanol–water partition coefficient (Wildman–Crippen LogP) is 4.76. The summed E-state index contributed by atoms with van der Waals surface area (Å²) in [5.41, 5.74) is -0.929. The number of rotatable bonds is 11. The van der Waals surface area contributed by atoms with Crippen LogP contribution in [0.1, 0.15) is 17.0 Å². The molecule has 0 unspecified atom stereocenters. The Kier molecular flexibility index (Phi) is 8.46. The number of alkyl halides is 3. The molecule has 1 heterocycles. The van der Waals surface area contributed by atoms with E-state index in [0.29, 0.717) is 59.9 Å². The van der Waals surface area contributed by atoms with Gasteiger partial charge in [-0.05, 0) is 19.1 Å². The molecule has 0 saturated heterocycles. The van der Waals surface area contributed by atoms with Crippen molar-refractivity contribution in [1.29, 1.82) is 0 Å². The third kappa shape index (κ3) is 6.23. The quantitative estimate of drug-likeness (QED) is 0.311. The number of hydrogen-bond donors (Lipinski definition) is 1. The maximum absolute atomic E-state index is 14.4. The van der Waals surface area contributed by atoms with Crippen LogP contribution in [0.2, 0.25) is 0 Å². The van der Waals surface area contributed by atoms with Gasteiger partial charge in [0.25, 0.3) is 0 Å². The Hall–Kier alpha value is -3.18. The van der Waals surface area contributed by atoms with E-state index in [1.54, 1.807) is 26.2 Å². The number of benzene rings is 2. The topological polar surface area (TPSA) is 74.7 Å². The van der Waals surface area contributed by atoms with E-state index in [-0.39, 0.29) is 18.7 Å². The second kappa shape index (κ2) is 11.3. The van der Waals surface area contributed by atoms with Crippen LogP contribution in [0.5, 0.6) is 11.5 Å².